The van der Waals surface area contributed by atoms with Gasteiger partial charge in [0.05, 0.1) is 17.0 Å². The van der Waals surface area contributed by atoms with Crippen molar-refractivity contribution in [2.75, 3.05) is 0 Å². The Balaban J connectivity index is 2.67. The van der Waals surface area contributed by atoms with E-state index in [0.717, 1.165) is 0 Å². The molecule has 0 aliphatic rings. The summed E-state index contributed by atoms with van der Waals surface area (Å²) >= 11 is 0. The number of benzene rings is 1. The lowest BCUT2D eigenvalue weighted by molar-refractivity contribution is 0.231. The number of aromatic nitrogens is 2. The van der Waals surface area contributed by atoms with E-state index < -0.39 is 5.82 Å². The van der Waals surface area contributed by atoms with Gasteiger partial charge in [-0.2, -0.15) is 0 Å². The summed E-state index contributed by atoms with van der Waals surface area (Å²) in [5.74, 6) is 0.0202. The van der Waals surface area contributed by atoms with Crippen LogP contribution in [0.1, 0.15) is 19.7 Å². The van der Waals surface area contributed by atoms with Gasteiger partial charge in [0, 0.05) is 6.07 Å². The predicted octanol–water partition coefficient (Wildman–Crippen LogP) is 2.16. The van der Waals surface area contributed by atoms with Crippen LogP contribution in [0.5, 0.6) is 5.75 Å². The van der Waals surface area contributed by atoms with Crippen LogP contribution in [0.25, 0.3) is 10.9 Å². The van der Waals surface area contributed by atoms with Gasteiger partial charge in [0.25, 0.3) is 5.56 Å². The van der Waals surface area contributed by atoms with Crippen molar-refractivity contribution in [1.29, 1.82) is 0 Å². The molecule has 0 aliphatic carbocycles. The number of halogens is 1. The standard InChI is InChI=1S/C12H13FN2O2/c1-6(2)17-11-4-8-10(5-9(11)13)14-7(3)15-12(8)16/h4-6H,1-3H3,(H,14,15,16). The number of rotatable bonds is 2. The van der Waals surface area contributed by atoms with Crippen molar-refractivity contribution in [3.8, 4) is 5.75 Å². The van der Waals surface area contributed by atoms with Crippen molar-refractivity contribution >= 4 is 10.9 Å². The second-order valence-corrected chi connectivity index (χ2v) is 4.12. The van der Waals surface area contributed by atoms with E-state index >= 15 is 0 Å². The molecule has 1 aromatic carbocycles. The van der Waals surface area contributed by atoms with Gasteiger partial charge in [0.1, 0.15) is 5.82 Å². The summed E-state index contributed by atoms with van der Waals surface area (Å²) in [5.41, 5.74) is 0.0426. The summed E-state index contributed by atoms with van der Waals surface area (Å²) in [6, 6.07) is 2.60. The maximum Gasteiger partial charge on any atom is 0.258 e. The average molecular weight is 236 g/mol. The van der Waals surface area contributed by atoms with Gasteiger partial charge in [0.2, 0.25) is 0 Å². The Labute approximate surface area is 97.5 Å². The van der Waals surface area contributed by atoms with Crippen LogP contribution in [-0.2, 0) is 0 Å². The van der Waals surface area contributed by atoms with Crippen LogP contribution in [0, 0.1) is 12.7 Å². The normalized spacial score (nSPS) is 11.1. The molecule has 0 aliphatic heterocycles. The number of hydrogen-bond donors (Lipinski definition) is 1. The van der Waals surface area contributed by atoms with Gasteiger partial charge in [-0.25, -0.2) is 9.37 Å². The zero-order valence-electron chi connectivity index (χ0n) is 9.87. The first-order valence-corrected chi connectivity index (χ1v) is 5.34. The molecule has 4 nitrogen and oxygen atoms in total. The van der Waals surface area contributed by atoms with Gasteiger partial charge in [-0.1, -0.05) is 0 Å². The zero-order chi connectivity index (χ0) is 12.6. The summed E-state index contributed by atoms with van der Waals surface area (Å²) in [6.07, 6.45) is -0.153. The third-order valence-corrected chi connectivity index (χ3v) is 2.24. The van der Waals surface area contributed by atoms with Crippen molar-refractivity contribution in [1.82, 2.24) is 9.97 Å². The van der Waals surface area contributed by atoms with E-state index in [4.69, 9.17) is 4.74 Å². The smallest absolute Gasteiger partial charge is 0.258 e. The first-order valence-electron chi connectivity index (χ1n) is 5.34. The molecule has 17 heavy (non-hydrogen) atoms. The number of aromatic amines is 1. The minimum absolute atomic E-state index is 0.0728. The highest BCUT2D eigenvalue weighted by Crippen LogP contribution is 2.22. The number of nitrogens with one attached hydrogen (secondary N) is 1. The van der Waals surface area contributed by atoms with E-state index in [1.54, 1.807) is 20.8 Å². The fraction of sp³-hybridized carbons (Fsp3) is 0.333. The van der Waals surface area contributed by atoms with Gasteiger partial charge in [-0.3, -0.25) is 4.79 Å². The van der Waals surface area contributed by atoms with Crippen LogP contribution in [0.2, 0.25) is 0 Å². The fourth-order valence-corrected chi connectivity index (χ4v) is 1.60. The monoisotopic (exact) mass is 236 g/mol. The number of H-pyrrole nitrogens is 1. The van der Waals surface area contributed by atoms with Crippen molar-refractivity contribution in [2.45, 2.75) is 26.9 Å². The molecule has 90 valence electrons. The highest BCUT2D eigenvalue weighted by molar-refractivity contribution is 5.79. The number of fused-ring (bicyclic) bond motifs is 1. The summed E-state index contributed by atoms with van der Waals surface area (Å²) in [6.45, 7) is 5.24. The molecule has 0 saturated carbocycles. The molecule has 0 saturated heterocycles. The van der Waals surface area contributed by atoms with Gasteiger partial charge >= 0.3 is 0 Å². The summed E-state index contributed by atoms with van der Waals surface area (Å²) in [5, 5.41) is 0.327. The zero-order valence-corrected chi connectivity index (χ0v) is 9.87. The Morgan fingerprint density at radius 2 is 2.12 bits per heavy atom. The lowest BCUT2D eigenvalue weighted by Crippen LogP contribution is -2.12. The SMILES string of the molecule is Cc1nc2cc(F)c(OC(C)C)cc2c(=O)[nH]1. The molecule has 1 N–H and O–H groups in total. The van der Waals surface area contributed by atoms with Crippen LogP contribution in [0.3, 0.4) is 0 Å². The van der Waals surface area contributed by atoms with Crippen LogP contribution < -0.4 is 10.3 Å². The lowest BCUT2D eigenvalue weighted by Gasteiger charge is -2.11. The van der Waals surface area contributed by atoms with E-state index in [0.29, 0.717) is 16.7 Å². The number of aryl methyl sites for hydroxylation is 1. The Kier molecular flexibility index (Phi) is 2.83. The molecular formula is C12H13FN2O2. The van der Waals surface area contributed by atoms with E-state index in [1.165, 1.54) is 12.1 Å². The molecular weight excluding hydrogens is 223 g/mol. The van der Waals surface area contributed by atoms with E-state index in [1.807, 2.05) is 0 Å². The first-order chi connectivity index (χ1) is 7.97. The first kappa shape index (κ1) is 11.6. The largest absolute Gasteiger partial charge is 0.488 e. The molecule has 1 aromatic heterocycles. The average Bonchev–Trinajstić information content (AvgIpc) is 2.19. The fourth-order valence-electron chi connectivity index (χ4n) is 1.60. The number of hydrogen-bond acceptors (Lipinski definition) is 3. The third-order valence-electron chi connectivity index (χ3n) is 2.24. The molecule has 0 bridgehead atoms. The molecule has 1 heterocycles. The highest BCUT2D eigenvalue weighted by Gasteiger charge is 2.10. The maximum atomic E-state index is 13.7. The molecule has 2 rings (SSSR count). The molecule has 0 amide bonds. The molecule has 0 spiro atoms. The van der Waals surface area contributed by atoms with Gasteiger partial charge in [-0.05, 0) is 26.8 Å². The summed E-state index contributed by atoms with van der Waals surface area (Å²) in [7, 11) is 0. The predicted molar refractivity (Wildman–Crippen MR) is 62.8 cm³/mol. The lowest BCUT2D eigenvalue weighted by atomic mass is 10.2. The minimum atomic E-state index is -0.510. The second-order valence-electron chi connectivity index (χ2n) is 4.12. The van der Waals surface area contributed by atoms with Crippen molar-refractivity contribution in [3.05, 3.63) is 34.1 Å². The third kappa shape index (κ3) is 2.27. The Hall–Kier alpha value is -1.91. The molecule has 0 atom stereocenters. The highest BCUT2D eigenvalue weighted by atomic mass is 19.1. The molecule has 0 fully saturated rings. The summed E-state index contributed by atoms with van der Waals surface area (Å²) < 4.78 is 18.9. The minimum Gasteiger partial charge on any atom is -0.488 e. The van der Waals surface area contributed by atoms with Crippen molar-refractivity contribution in [2.24, 2.45) is 0 Å². The maximum absolute atomic E-state index is 13.7. The molecule has 0 unspecified atom stereocenters. The Morgan fingerprint density at radius 1 is 1.41 bits per heavy atom. The van der Waals surface area contributed by atoms with Crippen LogP contribution >= 0.6 is 0 Å². The molecule has 0 radical (unpaired) electrons. The van der Waals surface area contributed by atoms with Crippen molar-refractivity contribution < 1.29 is 9.13 Å². The van der Waals surface area contributed by atoms with Gasteiger partial charge in [-0.15, -0.1) is 0 Å². The van der Waals surface area contributed by atoms with E-state index in [9.17, 15) is 9.18 Å². The summed E-state index contributed by atoms with van der Waals surface area (Å²) in [4.78, 5) is 18.3. The van der Waals surface area contributed by atoms with Crippen LogP contribution in [-0.4, -0.2) is 16.1 Å². The van der Waals surface area contributed by atoms with Crippen molar-refractivity contribution in [3.63, 3.8) is 0 Å². The Morgan fingerprint density at radius 3 is 2.76 bits per heavy atom. The molecule has 2 aromatic rings. The number of ether oxygens (including phenoxy) is 1. The van der Waals surface area contributed by atoms with Crippen LogP contribution in [0.4, 0.5) is 4.39 Å². The van der Waals surface area contributed by atoms with E-state index in [-0.39, 0.29) is 17.4 Å². The quantitative estimate of drug-likeness (QED) is 0.869. The molecule has 5 heteroatoms. The van der Waals surface area contributed by atoms with Crippen LogP contribution in [0.15, 0.2) is 16.9 Å². The number of nitrogens with zero attached hydrogens (tertiary/aromatic N) is 1. The van der Waals surface area contributed by atoms with Gasteiger partial charge in [0.15, 0.2) is 11.6 Å². The van der Waals surface area contributed by atoms with Gasteiger partial charge < -0.3 is 9.72 Å². The second kappa shape index (κ2) is 4.16. The topological polar surface area (TPSA) is 55.0 Å². The Bertz CT molecular complexity index is 620. The van der Waals surface area contributed by atoms with E-state index in [2.05, 4.69) is 9.97 Å².